The summed E-state index contributed by atoms with van der Waals surface area (Å²) in [6, 6.07) is 1.22. The molecule has 0 saturated carbocycles. The van der Waals surface area contributed by atoms with E-state index < -0.39 is 12.0 Å². The van der Waals surface area contributed by atoms with Gasteiger partial charge in [0.25, 0.3) is 0 Å². The first-order valence-corrected chi connectivity index (χ1v) is 6.42. The van der Waals surface area contributed by atoms with Gasteiger partial charge < -0.3 is 20.7 Å². The maximum absolute atomic E-state index is 11.9. The third kappa shape index (κ3) is 3.41. The Kier molecular flexibility index (Phi) is 3.97. The number of hydrogen-bond acceptors (Lipinski definition) is 3. The van der Waals surface area contributed by atoms with Gasteiger partial charge in [-0.1, -0.05) is 0 Å². The van der Waals surface area contributed by atoms with Gasteiger partial charge in [0.1, 0.15) is 5.69 Å². The molecule has 2 rings (SSSR count). The fraction of sp³-hybridized carbons (Fsp3) is 0.308. The first-order valence-electron chi connectivity index (χ1n) is 6.42. The molecule has 8 heteroatoms. The Morgan fingerprint density at radius 3 is 2.67 bits per heavy atom. The summed E-state index contributed by atoms with van der Waals surface area (Å²) >= 11 is 0. The Balaban J connectivity index is 2.06. The summed E-state index contributed by atoms with van der Waals surface area (Å²) in [6.07, 6.45) is 3.23. The molecule has 0 spiro atoms. The quantitative estimate of drug-likeness (QED) is 0.693. The van der Waals surface area contributed by atoms with E-state index >= 15 is 0 Å². The number of aryl methyl sites for hydroxylation is 1. The Bertz CT molecular complexity index is 671. The van der Waals surface area contributed by atoms with Crippen molar-refractivity contribution in [3.05, 3.63) is 29.8 Å². The number of aromatic amines is 1. The van der Waals surface area contributed by atoms with Gasteiger partial charge in [-0.3, -0.25) is 4.68 Å². The van der Waals surface area contributed by atoms with E-state index in [1.165, 1.54) is 6.20 Å². The minimum Gasteiger partial charge on any atom is -0.477 e. The van der Waals surface area contributed by atoms with Crippen molar-refractivity contribution in [1.82, 2.24) is 14.8 Å². The highest BCUT2D eigenvalue weighted by atomic mass is 16.4. The van der Waals surface area contributed by atoms with Crippen LogP contribution in [0, 0.1) is 6.92 Å². The number of amides is 2. The average molecular weight is 291 g/mol. The maximum atomic E-state index is 11.9. The van der Waals surface area contributed by atoms with Crippen molar-refractivity contribution < 1.29 is 14.7 Å². The van der Waals surface area contributed by atoms with Gasteiger partial charge in [-0.05, 0) is 26.8 Å². The van der Waals surface area contributed by atoms with E-state index in [9.17, 15) is 9.59 Å². The van der Waals surface area contributed by atoms with Crippen molar-refractivity contribution in [3.63, 3.8) is 0 Å². The highest BCUT2D eigenvalue weighted by Gasteiger charge is 2.15. The monoisotopic (exact) mass is 291 g/mol. The highest BCUT2D eigenvalue weighted by Crippen LogP contribution is 2.17. The number of aromatic nitrogens is 3. The standard InChI is InChI=1S/C13H17N5O3/c1-7(2)18-6-9(5-14-18)16-13(21)17-10-4-8(3)15-11(10)12(19)20/h4-7,15H,1-3H3,(H,19,20)(H2,16,17,21). The van der Waals surface area contributed by atoms with E-state index in [1.54, 1.807) is 23.9 Å². The third-order valence-electron chi connectivity index (χ3n) is 2.80. The van der Waals surface area contributed by atoms with Crippen LogP contribution in [0.2, 0.25) is 0 Å². The SMILES string of the molecule is Cc1cc(NC(=O)Nc2cnn(C(C)C)c2)c(C(=O)O)[nH]1. The number of rotatable bonds is 4. The number of carboxylic acid groups (broad SMARTS) is 1. The highest BCUT2D eigenvalue weighted by molar-refractivity contribution is 6.04. The Hall–Kier alpha value is -2.77. The van der Waals surface area contributed by atoms with Crippen molar-refractivity contribution in [1.29, 1.82) is 0 Å². The summed E-state index contributed by atoms with van der Waals surface area (Å²) in [7, 11) is 0. The van der Waals surface area contributed by atoms with Crippen LogP contribution < -0.4 is 10.6 Å². The van der Waals surface area contributed by atoms with Crippen molar-refractivity contribution in [3.8, 4) is 0 Å². The number of nitrogens with zero attached hydrogens (tertiary/aromatic N) is 2. The number of nitrogens with one attached hydrogen (secondary N) is 3. The number of anilines is 2. The number of H-pyrrole nitrogens is 1. The Morgan fingerprint density at radius 1 is 1.38 bits per heavy atom. The predicted molar refractivity (Wildman–Crippen MR) is 77.7 cm³/mol. The lowest BCUT2D eigenvalue weighted by Gasteiger charge is -2.06. The van der Waals surface area contributed by atoms with Crippen molar-refractivity contribution in [2.24, 2.45) is 0 Å². The molecule has 2 heterocycles. The van der Waals surface area contributed by atoms with Crippen LogP contribution in [-0.4, -0.2) is 31.9 Å². The minimum absolute atomic E-state index is 0.0551. The van der Waals surface area contributed by atoms with Crippen LogP contribution in [0.1, 0.15) is 36.1 Å². The van der Waals surface area contributed by atoms with E-state index in [0.29, 0.717) is 11.4 Å². The molecule has 2 aromatic rings. The molecule has 0 aliphatic heterocycles. The Morgan fingerprint density at radius 2 is 2.10 bits per heavy atom. The molecular formula is C13H17N5O3. The molecule has 8 nitrogen and oxygen atoms in total. The molecule has 112 valence electrons. The topological polar surface area (TPSA) is 112 Å². The molecule has 0 fully saturated rings. The molecule has 0 radical (unpaired) electrons. The zero-order valence-electron chi connectivity index (χ0n) is 12.0. The molecular weight excluding hydrogens is 274 g/mol. The van der Waals surface area contributed by atoms with E-state index in [0.717, 1.165) is 0 Å². The number of hydrogen-bond donors (Lipinski definition) is 4. The molecule has 0 bridgehead atoms. The second kappa shape index (κ2) is 5.70. The molecule has 21 heavy (non-hydrogen) atoms. The first kappa shape index (κ1) is 14.6. The van der Waals surface area contributed by atoms with Gasteiger partial charge in [0.05, 0.1) is 17.6 Å². The summed E-state index contributed by atoms with van der Waals surface area (Å²) < 4.78 is 1.71. The van der Waals surface area contributed by atoms with E-state index in [4.69, 9.17) is 5.11 Å². The van der Waals surface area contributed by atoms with E-state index in [2.05, 4.69) is 20.7 Å². The van der Waals surface area contributed by atoms with Crippen molar-refractivity contribution >= 4 is 23.4 Å². The molecule has 0 aliphatic carbocycles. The first-order chi connectivity index (χ1) is 9.86. The van der Waals surface area contributed by atoms with Gasteiger partial charge in [0.15, 0.2) is 0 Å². The van der Waals surface area contributed by atoms with Gasteiger partial charge in [-0.2, -0.15) is 5.10 Å². The molecule has 0 unspecified atom stereocenters. The third-order valence-corrected chi connectivity index (χ3v) is 2.80. The molecule has 0 saturated heterocycles. The van der Waals surface area contributed by atoms with Gasteiger partial charge >= 0.3 is 12.0 Å². The Labute approximate surface area is 121 Å². The maximum Gasteiger partial charge on any atom is 0.354 e. The molecule has 0 atom stereocenters. The largest absolute Gasteiger partial charge is 0.477 e. The molecule has 0 aliphatic rings. The van der Waals surface area contributed by atoms with Crippen LogP contribution in [0.5, 0.6) is 0 Å². The normalized spacial score (nSPS) is 10.7. The van der Waals surface area contributed by atoms with Crippen LogP contribution >= 0.6 is 0 Å². The van der Waals surface area contributed by atoms with Gasteiger partial charge in [0.2, 0.25) is 0 Å². The van der Waals surface area contributed by atoms with Crippen LogP contribution in [-0.2, 0) is 0 Å². The second-order valence-electron chi connectivity index (χ2n) is 4.93. The lowest BCUT2D eigenvalue weighted by atomic mass is 10.3. The summed E-state index contributed by atoms with van der Waals surface area (Å²) in [5, 5.41) is 18.2. The number of carboxylic acids is 1. The fourth-order valence-electron chi connectivity index (χ4n) is 1.83. The van der Waals surface area contributed by atoms with Crippen LogP contribution in [0.15, 0.2) is 18.5 Å². The predicted octanol–water partition coefficient (Wildman–Crippen LogP) is 2.44. The smallest absolute Gasteiger partial charge is 0.354 e. The lowest BCUT2D eigenvalue weighted by molar-refractivity contribution is 0.0692. The van der Waals surface area contributed by atoms with Crippen molar-refractivity contribution in [2.45, 2.75) is 26.8 Å². The molecule has 0 aromatic carbocycles. The molecule has 2 amide bonds. The summed E-state index contributed by atoms with van der Waals surface area (Å²) in [6.45, 7) is 5.65. The molecule has 2 aromatic heterocycles. The second-order valence-corrected chi connectivity index (χ2v) is 4.93. The van der Waals surface area contributed by atoms with Gasteiger partial charge in [-0.25, -0.2) is 9.59 Å². The van der Waals surface area contributed by atoms with E-state index in [1.807, 2.05) is 13.8 Å². The number of urea groups is 1. The lowest BCUT2D eigenvalue weighted by Crippen LogP contribution is -2.20. The summed E-state index contributed by atoms with van der Waals surface area (Å²) in [5.74, 6) is -1.13. The van der Waals surface area contributed by atoms with Crippen LogP contribution in [0.4, 0.5) is 16.2 Å². The van der Waals surface area contributed by atoms with Gasteiger partial charge in [0, 0.05) is 17.9 Å². The van der Waals surface area contributed by atoms with Gasteiger partial charge in [-0.15, -0.1) is 0 Å². The molecule has 4 N–H and O–H groups in total. The van der Waals surface area contributed by atoms with Crippen LogP contribution in [0.3, 0.4) is 0 Å². The fourth-order valence-corrected chi connectivity index (χ4v) is 1.83. The average Bonchev–Trinajstić information content (AvgIpc) is 2.96. The van der Waals surface area contributed by atoms with E-state index in [-0.39, 0.29) is 17.4 Å². The number of aromatic carboxylic acids is 1. The van der Waals surface area contributed by atoms with Crippen LogP contribution in [0.25, 0.3) is 0 Å². The number of carbonyl (C=O) groups is 2. The summed E-state index contributed by atoms with van der Waals surface area (Å²) in [4.78, 5) is 25.6. The zero-order valence-corrected chi connectivity index (χ0v) is 12.0. The van der Waals surface area contributed by atoms with Crippen molar-refractivity contribution in [2.75, 3.05) is 10.6 Å². The summed E-state index contributed by atoms with van der Waals surface area (Å²) in [5.41, 5.74) is 1.34. The minimum atomic E-state index is -1.13. The number of carbonyl (C=O) groups excluding carboxylic acids is 1. The zero-order chi connectivity index (χ0) is 15.6.